The molecule has 0 aromatic rings. The highest BCUT2D eigenvalue weighted by Gasteiger charge is 2.00. The van der Waals surface area contributed by atoms with Crippen molar-refractivity contribution in [1.29, 1.82) is 0 Å². The maximum atomic E-state index is 9.51. The molecule has 11 heavy (non-hydrogen) atoms. The van der Waals surface area contributed by atoms with E-state index in [-0.39, 0.29) is 0 Å². The minimum atomic E-state index is -4.64. The average Bonchev–Trinajstić information content (AvgIpc) is 1.58. The summed E-state index contributed by atoms with van der Waals surface area (Å²) in [5.74, 6) is -0.891. The summed E-state index contributed by atoms with van der Waals surface area (Å²) in [4.78, 5) is 31.1. The summed E-state index contributed by atoms with van der Waals surface area (Å²) in [6, 6.07) is 0. The molecule has 0 atom stereocenters. The van der Waals surface area contributed by atoms with Crippen LogP contribution in [0.3, 0.4) is 0 Å². The van der Waals surface area contributed by atoms with Gasteiger partial charge in [0.25, 0.3) is 0 Å². The largest absolute Gasteiger partial charge is 0.478 e. The van der Waals surface area contributed by atoms with Crippen molar-refractivity contribution in [3.63, 3.8) is 0 Å². The minimum Gasteiger partial charge on any atom is -0.478 e. The SMILES string of the molecule is CC=CC(=O)O.O=P(O)(O)O. The summed E-state index contributed by atoms with van der Waals surface area (Å²) < 4.78 is 8.88. The molecule has 0 aromatic carbocycles. The third-order valence-electron chi connectivity index (χ3n) is 0.309. The lowest BCUT2D eigenvalue weighted by atomic mass is 10.5. The van der Waals surface area contributed by atoms with Gasteiger partial charge in [0.2, 0.25) is 0 Å². The highest BCUT2D eigenvalue weighted by Crippen LogP contribution is 2.25. The number of allylic oxidation sites excluding steroid dienone is 1. The van der Waals surface area contributed by atoms with E-state index in [0.717, 1.165) is 6.08 Å². The van der Waals surface area contributed by atoms with E-state index in [2.05, 4.69) is 0 Å². The van der Waals surface area contributed by atoms with Crippen LogP contribution in [0.2, 0.25) is 0 Å². The van der Waals surface area contributed by atoms with Crippen molar-refractivity contribution in [2.45, 2.75) is 6.92 Å². The highest BCUT2D eigenvalue weighted by atomic mass is 31.2. The molecule has 0 aliphatic heterocycles. The van der Waals surface area contributed by atoms with Gasteiger partial charge in [0.1, 0.15) is 0 Å². The molecule has 4 N–H and O–H groups in total. The number of phosphoric acid groups is 1. The molecule has 0 aromatic heterocycles. The van der Waals surface area contributed by atoms with Gasteiger partial charge in [0, 0.05) is 6.08 Å². The van der Waals surface area contributed by atoms with Crippen molar-refractivity contribution in [3.8, 4) is 0 Å². The molecule has 7 heteroatoms. The quantitative estimate of drug-likeness (QED) is 0.329. The van der Waals surface area contributed by atoms with Gasteiger partial charge in [-0.25, -0.2) is 9.36 Å². The normalized spacial score (nSPS) is 10.5. The molecule has 0 amide bonds. The lowest BCUT2D eigenvalue weighted by molar-refractivity contribution is -0.131. The lowest BCUT2D eigenvalue weighted by Crippen LogP contribution is -1.83. The van der Waals surface area contributed by atoms with Crippen LogP contribution in [0, 0.1) is 0 Å². The van der Waals surface area contributed by atoms with E-state index in [1.165, 1.54) is 6.08 Å². The molecule has 0 radical (unpaired) electrons. The Hall–Kier alpha value is -0.680. The van der Waals surface area contributed by atoms with Crippen molar-refractivity contribution in [1.82, 2.24) is 0 Å². The standard InChI is InChI=1S/C4H6O2.H3O4P/c1-2-3-4(5)6;1-5(2,3)4/h2-3H,1H3,(H,5,6);(H3,1,2,3,4). The fourth-order valence-electron chi connectivity index (χ4n) is 0.143. The van der Waals surface area contributed by atoms with E-state index < -0.39 is 13.8 Å². The summed E-state index contributed by atoms with van der Waals surface area (Å²) >= 11 is 0. The number of hydrogen-bond donors (Lipinski definition) is 4. The van der Waals surface area contributed by atoms with Crippen LogP contribution in [0.5, 0.6) is 0 Å². The topological polar surface area (TPSA) is 115 Å². The Morgan fingerprint density at radius 3 is 1.64 bits per heavy atom. The fourth-order valence-corrected chi connectivity index (χ4v) is 0.143. The molecule has 0 aliphatic rings. The third-order valence-corrected chi connectivity index (χ3v) is 0.309. The van der Waals surface area contributed by atoms with Gasteiger partial charge in [-0.1, -0.05) is 6.08 Å². The van der Waals surface area contributed by atoms with Crippen LogP contribution >= 0.6 is 7.82 Å². The molecular weight excluding hydrogens is 175 g/mol. The zero-order valence-corrected chi connectivity index (χ0v) is 6.60. The first-order chi connectivity index (χ1) is 4.77. The summed E-state index contributed by atoms with van der Waals surface area (Å²) in [6.07, 6.45) is 2.56. The number of carbonyl (C=O) groups is 1. The Balaban J connectivity index is 0. The first kappa shape index (κ1) is 12.9. The van der Waals surface area contributed by atoms with Crippen LogP contribution in [0.25, 0.3) is 0 Å². The van der Waals surface area contributed by atoms with Gasteiger partial charge in [-0.3, -0.25) is 0 Å². The predicted octanol–water partition coefficient (Wildman–Crippen LogP) is -0.282. The van der Waals surface area contributed by atoms with Crippen LogP contribution in [0.1, 0.15) is 6.92 Å². The summed E-state index contributed by atoms with van der Waals surface area (Å²) in [5.41, 5.74) is 0. The van der Waals surface area contributed by atoms with Crippen molar-refractivity contribution >= 4 is 13.8 Å². The van der Waals surface area contributed by atoms with Gasteiger partial charge in [-0.2, -0.15) is 0 Å². The van der Waals surface area contributed by atoms with Crippen LogP contribution in [0.4, 0.5) is 0 Å². The third kappa shape index (κ3) is 92.8. The molecule has 0 unspecified atom stereocenters. The number of hydrogen-bond acceptors (Lipinski definition) is 2. The average molecular weight is 184 g/mol. The van der Waals surface area contributed by atoms with Crippen LogP contribution in [-0.4, -0.2) is 25.8 Å². The van der Waals surface area contributed by atoms with E-state index in [1.54, 1.807) is 6.92 Å². The molecule has 0 fully saturated rings. The molecule has 0 spiro atoms. The van der Waals surface area contributed by atoms with Gasteiger partial charge in [0.05, 0.1) is 0 Å². The van der Waals surface area contributed by atoms with Crippen molar-refractivity contribution < 1.29 is 29.1 Å². The zero-order valence-electron chi connectivity index (χ0n) is 5.71. The Labute approximate surface area is 63.0 Å². The van der Waals surface area contributed by atoms with Gasteiger partial charge in [0.15, 0.2) is 0 Å². The second kappa shape index (κ2) is 6.06. The van der Waals surface area contributed by atoms with Crippen molar-refractivity contribution in [2.24, 2.45) is 0 Å². The number of carboxylic acids is 1. The van der Waals surface area contributed by atoms with E-state index in [0.29, 0.717) is 0 Å². The molecular formula is C4H9O6P. The van der Waals surface area contributed by atoms with Crippen LogP contribution in [0.15, 0.2) is 12.2 Å². The predicted molar refractivity (Wildman–Crippen MR) is 36.7 cm³/mol. The maximum absolute atomic E-state index is 9.51. The lowest BCUT2D eigenvalue weighted by Gasteiger charge is -1.82. The van der Waals surface area contributed by atoms with Crippen molar-refractivity contribution in [3.05, 3.63) is 12.2 Å². The Kier molecular flexibility index (Phi) is 7.13. The van der Waals surface area contributed by atoms with E-state index >= 15 is 0 Å². The summed E-state index contributed by atoms with van der Waals surface area (Å²) in [6.45, 7) is 1.66. The van der Waals surface area contributed by atoms with E-state index in [1.807, 2.05) is 0 Å². The van der Waals surface area contributed by atoms with Gasteiger partial charge >= 0.3 is 13.8 Å². The summed E-state index contributed by atoms with van der Waals surface area (Å²) in [5, 5.41) is 7.83. The monoisotopic (exact) mass is 184 g/mol. The number of rotatable bonds is 1. The fraction of sp³-hybridized carbons (Fsp3) is 0.250. The number of aliphatic carboxylic acids is 1. The van der Waals surface area contributed by atoms with Crippen LogP contribution in [-0.2, 0) is 9.36 Å². The highest BCUT2D eigenvalue weighted by molar-refractivity contribution is 7.45. The molecule has 0 aliphatic carbocycles. The van der Waals surface area contributed by atoms with E-state index in [9.17, 15) is 4.79 Å². The molecule has 0 saturated heterocycles. The van der Waals surface area contributed by atoms with Crippen molar-refractivity contribution in [2.75, 3.05) is 0 Å². The molecule has 0 rings (SSSR count). The Morgan fingerprint density at radius 2 is 1.64 bits per heavy atom. The Bertz CT molecular complexity index is 171. The molecule has 6 nitrogen and oxygen atoms in total. The molecule has 0 bridgehead atoms. The van der Waals surface area contributed by atoms with Gasteiger partial charge in [-0.15, -0.1) is 0 Å². The molecule has 0 saturated carbocycles. The summed E-state index contributed by atoms with van der Waals surface area (Å²) in [7, 11) is -4.64. The molecule has 0 heterocycles. The molecule has 66 valence electrons. The number of carboxylic acid groups (broad SMARTS) is 1. The second-order valence-electron chi connectivity index (χ2n) is 1.35. The van der Waals surface area contributed by atoms with E-state index in [4.69, 9.17) is 24.4 Å². The second-order valence-corrected chi connectivity index (χ2v) is 2.38. The smallest absolute Gasteiger partial charge is 0.466 e. The minimum absolute atomic E-state index is 0.891. The first-order valence-electron chi connectivity index (χ1n) is 2.41. The maximum Gasteiger partial charge on any atom is 0.466 e. The first-order valence-corrected chi connectivity index (χ1v) is 3.97. The zero-order chi connectivity index (χ0) is 9.49. The van der Waals surface area contributed by atoms with Crippen LogP contribution < -0.4 is 0 Å². The van der Waals surface area contributed by atoms with Gasteiger partial charge < -0.3 is 19.8 Å². The Morgan fingerprint density at radius 1 is 1.36 bits per heavy atom. The van der Waals surface area contributed by atoms with Gasteiger partial charge in [-0.05, 0) is 6.92 Å².